The summed E-state index contributed by atoms with van der Waals surface area (Å²) in [6, 6.07) is 13.2. The topological polar surface area (TPSA) is 77.8 Å². The number of hydrogen-bond acceptors (Lipinski definition) is 5. The summed E-state index contributed by atoms with van der Waals surface area (Å²) in [5.41, 5.74) is 1.11. The SMILES string of the molecule is COc1ccc(C2(C(=O)N[C@@H](C)c3nnc4ccccn34)CCOCC2)cc1. The monoisotopic (exact) mass is 380 g/mol. The quantitative estimate of drug-likeness (QED) is 0.736. The van der Waals surface area contributed by atoms with E-state index in [1.54, 1.807) is 7.11 Å². The fourth-order valence-corrected chi connectivity index (χ4v) is 3.83. The second kappa shape index (κ2) is 7.59. The van der Waals surface area contributed by atoms with Gasteiger partial charge in [-0.3, -0.25) is 9.20 Å². The highest BCUT2D eigenvalue weighted by Gasteiger charge is 2.42. The lowest BCUT2D eigenvalue weighted by Crippen LogP contribution is -2.48. The number of ether oxygens (including phenoxy) is 2. The van der Waals surface area contributed by atoms with Crippen LogP contribution in [-0.4, -0.2) is 40.8 Å². The standard InChI is InChI=1S/C21H24N4O3/c1-15(19-24-23-18-5-3-4-12-25(18)19)22-20(26)21(10-13-28-14-11-21)16-6-8-17(27-2)9-7-16/h3-9,12,15H,10-11,13-14H2,1-2H3,(H,22,26)/t15-/m0/s1. The first-order valence-electron chi connectivity index (χ1n) is 9.47. The molecule has 0 spiro atoms. The Morgan fingerprint density at radius 2 is 1.93 bits per heavy atom. The molecule has 0 unspecified atom stereocenters. The van der Waals surface area contributed by atoms with Gasteiger partial charge < -0.3 is 14.8 Å². The van der Waals surface area contributed by atoms with Crippen LogP contribution in [0.25, 0.3) is 5.65 Å². The van der Waals surface area contributed by atoms with Crippen LogP contribution in [0.3, 0.4) is 0 Å². The van der Waals surface area contributed by atoms with Crippen molar-refractivity contribution >= 4 is 11.6 Å². The van der Waals surface area contributed by atoms with Crippen LogP contribution < -0.4 is 10.1 Å². The number of pyridine rings is 1. The number of nitrogens with zero attached hydrogens (tertiary/aromatic N) is 3. The maximum absolute atomic E-state index is 13.5. The Morgan fingerprint density at radius 3 is 2.64 bits per heavy atom. The van der Waals surface area contributed by atoms with Crippen molar-refractivity contribution in [3.8, 4) is 5.75 Å². The number of nitrogens with one attached hydrogen (secondary N) is 1. The van der Waals surface area contributed by atoms with Crippen molar-refractivity contribution in [2.24, 2.45) is 0 Å². The van der Waals surface area contributed by atoms with Gasteiger partial charge in [-0.1, -0.05) is 18.2 Å². The molecule has 0 aliphatic carbocycles. The summed E-state index contributed by atoms with van der Waals surface area (Å²) in [7, 11) is 1.64. The van der Waals surface area contributed by atoms with E-state index in [9.17, 15) is 4.79 Å². The molecule has 0 bridgehead atoms. The van der Waals surface area contributed by atoms with Crippen molar-refractivity contribution in [3.63, 3.8) is 0 Å². The summed E-state index contributed by atoms with van der Waals surface area (Å²) in [5.74, 6) is 1.47. The van der Waals surface area contributed by atoms with Crippen molar-refractivity contribution in [2.45, 2.75) is 31.2 Å². The van der Waals surface area contributed by atoms with Crippen molar-refractivity contribution < 1.29 is 14.3 Å². The van der Waals surface area contributed by atoms with Crippen LogP contribution in [0, 0.1) is 0 Å². The van der Waals surface area contributed by atoms with Crippen LogP contribution in [0.15, 0.2) is 48.7 Å². The number of fused-ring (bicyclic) bond motifs is 1. The predicted molar refractivity (Wildman–Crippen MR) is 104 cm³/mol. The third-order valence-electron chi connectivity index (χ3n) is 5.50. The molecule has 4 rings (SSSR count). The molecule has 1 atom stereocenters. The van der Waals surface area contributed by atoms with Crippen molar-refractivity contribution in [2.75, 3.05) is 20.3 Å². The van der Waals surface area contributed by atoms with Gasteiger partial charge in [-0.25, -0.2) is 0 Å². The Balaban J connectivity index is 1.62. The first kappa shape index (κ1) is 18.4. The van der Waals surface area contributed by atoms with E-state index in [2.05, 4.69) is 15.5 Å². The molecule has 1 saturated heterocycles. The molecule has 2 aromatic heterocycles. The molecular formula is C21H24N4O3. The van der Waals surface area contributed by atoms with Gasteiger partial charge in [0.15, 0.2) is 11.5 Å². The molecule has 1 fully saturated rings. The molecule has 28 heavy (non-hydrogen) atoms. The number of aromatic nitrogens is 3. The lowest BCUT2D eigenvalue weighted by atomic mass is 9.73. The molecule has 1 amide bonds. The van der Waals surface area contributed by atoms with Gasteiger partial charge in [0, 0.05) is 19.4 Å². The minimum atomic E-state index is -0.626. The van der Waals surface area contributed by atoms with Gasteiger partial charge in [-0.15, -0.1) is 10.2 Å². The van der Waals surface area contributed by atoms with E-state index in [0.29, 0.717) is 31.9 Å². The van der Waals surface area contributed by atoms with E-state index in [0.717, 1.165) is 17.0 Å². The van der Waals surface area contributed by atoms with Gasteiger partial charge >= 0.3 is 0 Å². The normalized spacial score (nSPS) is 17.2. The van der Waals surface area contributed by atoms with E-state index in [1.807, 2.05) is 60.0 Å². The Kier molecular flexibility index (Phi) is 5.00. The molecule has 7 nitrogen and oxygen atoms in total. The Labute approximate surface area is 163 Å². The van der Waals surface area contributed by atoms with E-state index < -0.39 is 5.41 Å². The van der Waals surface area contributed by atoms with Gasteiger partial charge in [0.05, 0.1) is 18.6 Å². The predicted octanol–water partition coefficient (Wildman–Crippen LogP) is 2.66. The molecule has 3 aromatic rings. The summed E-state index contributed by atoms with van der Waals surface area (Å²) in [6.07, 6.45) is 3.18. The first-order valence-corrected chi connectivity index (χ1v) is 9.47. The van der Waals surface area contributed by atoms with Gasteiger partial charge in [0.25, 0.3) is 0 Å². The van der Waals surface area contributed by atoms with Gasteiger partial charge in [0.1, 0.15) is 5.75 Å². The number of benzene rings is 1. The van der Waals surface area contributed by atoms with Gasteiger partial charge in [-0.05, 0) is 49.6 Å². The zero-order chi connectivity index (χ0) is 19.6. The van der Waals surface area contributed by atoms with E-state index in [4.69, 9.17) is 9.47 Å². The number of rotatable bonds is 5. The molecule has 1 aliphatic rings. The van der Waals surface area contributed by atoms with Crippen LogP contribution in [0.5, 0.6) is 5.75 Å². The van der Waals surface area contributed by atoms with E-state index in [1.165, 1.54) is 0 Å². The smallest absolute Gasteiger partial charge is 0.231 e. The molecular weight excluding hydrogens is 356 g/mol. The zero-order valence-electron chi connectivity index (χ0n) is 16.1. The van der Waals surface area contributed by atoms with Crippen molar-refractivity contribution in [1.82, 2.24) is 19.9 Å². The molecule has 3 heterocycles. The number of hydrogen-bond donors (Lipinski definition) is 1. The van der Waals surface area contributed by atoms with Crippen LogP contribution in [0.4, 0.5) is 0 Å². The maximum Gasteiger partial charge on any atom is 0.231 e. The fraction of sp³-hybridized carbons (Fsp3) is 0.381. The van der Waals surface area contributed by atoms with E-state index in [-0.39, 0.29) is 11.9 Å². The number of carbonyl (C=O) groups excluding carboxylic acids is 1. The highest BCUT2D eigenvalue weighted by atomic mass is 16.5. The molecule has 146 valence electrons. The third kappa shape index (κ3) is 3.22. The second-order valence-electron chi connectivity index (χ2n) is 7.11. The lowest BCUT2D eigenvalue weighted by Gasteiger charge is -2.37. The average Bonchev–Trinajstić information content (AvgIpc) is 3.18. The lowest BCUT2D eigenvalue weighted by molar-refractivity contribution is -0.131. The average molecular weight is 380 g/mol. The van der Waals surface area contributed by atoms with Crippen LogP contribution in [0.2, 0.25) is 0 Å². The maximum atomic E-state index is 13.5. The van der Waals surface area contributed by atoms with E-state index >= 15 is 0 Å². The highest BCUT2D eigenvalue weighted by Crippen LogP contribution is 2.36. The minimum Gasteiger partial charge on any atom is -0.497 e. The Hall–Kier alpha value is -2.93. The zero-order valence-corrected chi connectivity index (χ0v) is 16.1. The van der Waals surface area contributed by atoms with Crippen molar-refractivity contribution in [3.05, 3.63) is 60.0 Å². The Morgan fingerprint density at radius 1 is 1.18 bits per heavy atom. The number of carbonyl (C=O) groups is 1. The largest absolute Gasteiger partial charge is 0.497 e. The summed E-state index contributed by atoms with van der Waals surface area (Å²) in [4.78, 5) is 13.5. The van der Waals surface area contributed by atoms with Gasteiger partial charge in [-0.2, -0.15) is 0 Å². The van der Waals surface area contributed by atoms with Crippen LogP contribution in [0.1, 0.15) is 37.2 Å². The van der Waals surface area contributed by atoms with Crippen LogP contribution >= 0.6 is 0 Å². The van der Waals surface area contributed by atoms with Crippen LogP contribution in [-0.2, 0) is 14.9 Å². The molecule has 1 aliphatic heterocycles. The van der Waals surface area contributed by atoms with Crippen molar-refractivity contribution in [1.29, 1.82) is 0 Å². The molecule has 0 radical (unpaired) electrons. The Bertz CT molecular complexity index is 961. The minimum absolute atomic E-state index is 0.0128. The second-order valence-corrected chi connectivity index (χ2v) is 7.11. The molecule has 1 aromatic carbocycles. The third-order valence-corrected chi connectivity index (χ3v) is 5.50. The fourth-order valence-electron chi connectivity index (χ4n) is 3.83. The number of amides is 1. The summed E-state index contributed by atoms with van der Waals surface area (Å²) >= 11 is 0. The first-order chi connectivity index (χ1) is 13.6. The summed E-state index contributed by atoms with van der Waals surface area (Å²) in [6.45, 7) is 3.05. The molecule has 1 N–H and O–H groups in total. The summed E-state index contributed by atoms with van der Waals surface area (Å²) < 4.78 is 12.7. The summed E-state index contributed by atoms with van der Waals surface area (Å²) in [5, 5.41) is 11.6. The molecule has 7 heteroatoms. The molecule has 0 saturated carbocycles. The van der Waals surface area contributed by atoms with Gasteiger partial charge in [0.2, 0.25) is 5.91 Å². The highest BCUT2D eigenvalue weighted by molar-refractivity contribution is 5.88. The number of methoxy groups -OCH3 is 1.